The van der Waals surface area contributed by atoms with Crippen LogP contribution < -0.4 is 0 Å². The summed E-state index contributed by atoms with van der Waals surface area (Å²) >= 11 is 0. The van der Waals surface area contributed by atoms with Gasteiger partial charge in [0.05, 0.1) is 5.60 Å². The van der Waals surface area contributed by atoms with Crippen molar-refractivity contribution in [3.63, 3.8) is 0 Å². The summed E-state index contributed by atoms with van der Waals surface area (Å²) in [5.41, 5.74) is -0.0758. The molecule has 13 heavy (non-hydrogen) atoms. The van der Waals surface area contributed by atoms with Crippen molar-refractivity contribution in [3.8, 4) is 0 Å². The van der Waals surface area contributed by atoms with E-state index in [0.29, 0.717) is 0 Å². The average molecular weight is 182 g/mol. The lowest BCUT2D eigenvalue weighted by molar-refractivity contribution is -0.144. The Morgan fingerprint density at radius 1 is 1.31 bits per heavy atom. The van der Waals surface area contributed by atoms with Crippen molar-refractivity contribution in [2.75, 3.05) is 0 Å². The molecule has 0 unspecified atom stereocenters. The van der Waals surface area contributed by atoms with Crippen molar-refractivity contribution < 1.29 is 5.11 Å². The van der Waals surface area contributed by atoms with E-state index in [4.69, 9.17) is 0 Å². The molecule has 0 spiro atoms. The summed E-state index contributed by atoms with van der Waals surface area (Å²) in [5.74, 6) is 0.752. The van der Waals surface area contributed by atoms with E-state index in [1.165, 1.54) is 19.3 Å². The van der Waals surface area contributed by atoms with Crippen LogP contribution in [0.2, 0.25) is 0 Å². The molecule has 2 bridgehead atoms. The summed E-state index contributed by atoms with van der Waals surface area (Å²) in [6.45, 7) is 8.93. The van der Waals surface area contributed by atoms with E-state index in [0.717, 1.165) is 12.3 Å². The SMILES string of the molecule is CC[C@]1(O)C(C)(C)[C@H]2CC[C@]1(C)C2. The molecule has 1 N–H and O–H groups in total. The highest BCUT2D eigenvalue weighted by Crippen LogP contribution is 2.68. The van der Waals surface area contributed by atoms with Gasteiger partial charge in [-0.2, -0.15) is 0 Å². The van der Waals surface area contributed by atoms with Gasteiger partial charge in [-0.3, -0.25) is 0 Å². The van der Waals surface area contributed by atoms with Crippen LogP contribution in [0, 0.1) is 16.7 Å². The third kappa shape index (κ3) is 0.823. The van der Waals surface area contributed by atoms with Crippen LogP contribution in [0.1, 0.15) is 53.4 Å². The number of rotatable bonds is 1. The summed E-state index contributed by atoms with van der Waals surface area (Å²) in [5, 5.41) is 10.8. The molecule has 2 aliphatic carbocycles. The molecule has 2 rings (SSSR count). The Labute approximate surface area is 81.5 Å². The maximum Gasteiger partial charge on any atom is 0.0751 e. The van der Waals surface area contributed by atoms with Crippen LogP contribution in [-0.2, 0) is 0 Å². The van der Waals surface area contributed by atoms with E-state index in [-0.39, 0.29) is 10.8 Å². The zero-order chi connectivity index (χ0) is 9.91. The molecule has 0 saturated heterocycles. The Morgan fingerprint density at radius 2 is 1.92 bits per heavy atom. The summed E-state index contributed by atoms with van der Waals surface area (Å²) in [7, 11) is 0. The molecule has 2 aliphatic rings. The minimum absolute atomic E-state index is 0.134. The van der Waals surface area contributed by atoms with Gasteiger partial charge in [-0.1, -0.05) is 27.7 Å². The zero-order valence-corrected chi connectivity index (χ0v) is 9.35. The van der Waals surface area contributed by atoms with Crippen LogP contribution >= 0.6 is 0 Å². The van der Waals surface area contributed by atoms with Gasteiger partial charge in [0.2, 0.25) is 0 Å². The molecule has 2 fully saturated rings. The second kappa shape index (κ2) is 2.31. The molecule has 2 saturated carbocycles. The van der Waals surface area contributed by atoms with E-state index in [1.807, 2.05) is 0 Å². The summed E-state index contributed by atoms with van der Waals surface area (Å²) < 4.78 is 0. The molecule has 0 aromatic rings. The highest BCUT2D eigenvalue weighted by molar-refractivity contribution is 5.17. The first kappa shape index (κ1) is 9.51. The third-order valence-corrected chi connectivity index (χ3v) is 5.34. The Bertz CT molecular complexity index is 227. The highest BCUT2D eigenvalue weighted by Gasteiger charge is 2.67. The smallest absolute Gasteiger partial charge is 0.0751 e. The topological polar surface area (TPSA) is 20.2 Å². The minimum atomic E-state index is -0.414. The fourth-order valence-corrected chi connectivity index (χ4v) is 4.23. The minimum Gasteiger partial charge on any atom is -0.389 e. The largest absolute Gasteiger partial charge is 0.389 e. The van der Waals surface area contributed by atoms with Gasteiger partial charge < -0.3 is 5.11 Å². The van der Waals surface area contributed by atoms with Crippen LogP contribution in [0.3, 0.4) is 0 Å². The van der Waals surface area contributed by atoms with E-state index < -0.39 is 5.60 Å². The molecule has 1 nitrogen and oxygen atoms in total. The fraction of sp³-hybridized carbons (Fsp3) is 1.00. The Morgan fingerprint density at radius 3 is 2.23 bits per heavy atom. The molecule has 0 aromatic carbocycles. The highest BCUT2D eigenvalue weighted by atomic mass is 16.3. The van der Waals surface area contributed by atoms with Gasteiger partial charge in [-0.05, 0) is 42.4 Å². The van der Waals surface area contributed by atoms with Crippen LogP contribution in [0.5, 0.6) is 0 Å². The normalized spacial score (nSPS) is 52.8. The predicted octanol–water partition coefficient (Wildman–Crippen LogP) is 2.97. The van der Waals surface area contributed by atoms with Crippen LogP contribution in [0.25, 0.3) is 0 Å². The summed E-state index contributed by atoms with van der Waals surface area (Å²) in [6, 6.07) is 0. The number of fused-ring (bicyclic) bond motifs is 2. The van der Waals surface area contributed by atoms with Crippen molar-refractivity contribution in [3.05, 3.63) is 0 Å². The van der Waals surface area contributed by atoms with E-state index in [9.17, 15) is 5.11 Å². The van der Waals surface area contributed by atoms with Crippen LogP contribution in [0.15, 0.2) is 0 Å². The van der Waals surface area contributed by atoms with Gasteiger partial charge in [0, 0.05) is 0 Å². The van der Waals surface area contributed by atoms with Crippen molar-refractivity contribution in [2.24, 2.45) is 16.7 Å². The van der Waals surface area contributed by atoms with Crippen LogP contribution in [0.4, 0.5) is 0 Å². The third-order valence-electron chi connectivity index (χ3n) is 5.34. The summed E-state index contributed by atoms with van der Waals surface area (Å²) in [4.78, 5) is 0. The molecule has 0 aliphatic heterocycles. The van der Waals surface area contributed by atoms with Crippen molar-refractivity contribution >= 4 is 0 Å². The molecular formula is C12H22O. The average Bonchev–Trinajstić information content (AvgIpc) is 2.51. The maximum atomic E-state index is 10.8. The van der Waals surface area contributed by atoms with E-state index >= 15 is 0 Å². The molecule has 3 atom stereocenters. The lowest BCUT2D eigenvalue weighted by Gasteiger charge is -2.50. The lowest BCUT2D eigenvalue weighted by atomic mass is 9.59. The molecular weight excluding hydrogens is 160 g/mol. The van der Waals surface area contributed by atoms with Crippen molar-refractivity contribution in [1.29, 1.82) is 0 Å². The molecule has 76 valence electrons. The van der Waals surface area contributed by atoms with E-state index in [1.54, 1.807) is 0 Å². The second-order valence-corrected chi connectivity index (χ2v) is 5.94. The molecule has 1 heteroatoms. The Hall–Kier alpha value is -0.0400. The Kier molecular flexibility index (Phi) is 1.69. The zero-order valence-electron chi connectivity index (χ0n) is 9.35. The van der Waals surface area contributed by atoms with Gasteiger partial charge >= 0.3 is 0 Å². The standard InChI is InChI=1S/C12H22O/c1-5-12(13)10(2,3)9-6-7-11(12,4)8-9/h9,13H,5-8H2,1-4H3/t9-,11+,12-/m0/s1. The number of hydrogen-bond donors (Lipinski definition) is 1. The number of hydrogen-bond acceptors (Lipinski definition) is 1. The Balaban J connectivity index is 2.45. The predicted molar refractivity (Wildman–Crippen MR) is 54.5 cm³/mol. The van der Waals surface area contributed by atoms with Gasteiger partial charge in [0.1, 0.15) is 0 Å². The molecule has 0 amide bonds. The van der Waals surface area contributed by atoms with E-state index in [2.05, 4.69) is 27.7 Å². The van der Waals surface area contributed by atoms with Crippen molar-refractivity contribution in [2.45, 2.75) is 59.0 Å². The molecule has 0 heterocycles. The first-order valence-corrected chi connectivity index (χ1v) is 5.60. The quantitative estimate of drug-likeness (QED) is 0.661. The van der Waals surface area contributed by atoms with Gasteiger partial charge in [-0.15, -0.1) is 0 Å². The summed E-state index contributed by atoms with van der Waals surface area (Å²) in [6.07, 6.45) is 4.70. The van der Waals surface area contributed by atoms with Gasteiger partial charge in [0.15, 0.2) is 0 Å². The first-order chi connectivity index (χ1) is 5.87. The van der Waals surface area contributed by atoms with Crippen LogP contribution in [-0.4, -0.2) is 10.7 Å². The monoisotopic (exact) mass is 182 g/mol. The maximum absolute atomic E-state index is 10.8. The first-order valence-electron chi connectivity index (χ1n) is 5.60. The lowest BCUT2D eigenvalue weighted by Crippen LogP contribution is -2.53. The van der Waals surface area contributed by atoms with Gasteiger partial charge in [-0.25, -0.2) is 0 Å². The fourth-order valence-electron chi connectivity index (χ4n) is 4.23. The molecule has 0 radical (unpaired) electrons. The number of aliphatic hydroxyl groups is 1. The molecule has 0 aromatic heterocycles. The van der Waals surface area contributed by atoms with Crippen molar-refractivity contribution in [1.82, 2.24) is 0 Å². The van der Waals surface area contributed by atoms with Gasteiger partial charge in [0.25, 0.3) is 0 Å². The second-order valence-electron chi connectivity index (χ2n) is 5.94.